The molecule has 3 aromatic rings. The van der Waals surface area contributed by atoms with Crippen molar-refractivity contribution < 1.29 is 9.84 Å². The molecule has 1 aromatic heterocycles. The van der Waals surface area contributed by atoms with Crippen LogP contribution in [0.4, 0.5) is 5.13 Å². The molecule has 0 bridgehead atoms. The molecule has 0 atom stereocenters. The Hall–Kier alpha value is -2.66. The molecule has 0 aliphatic heterocycles. The van der Waals surface area contributed by atoms with E-state index in [0.717, 1.165) is 29.8 Å². The van der Waals surface area contributed by atoms with Crippen LogP contribution in [0.15, 0.2) is 47.5 Å². The number of methoxy groups -OCH3 is 1. The first-order chi connectivity index (χ1) is 11.7. The number of hydrogen-bond acceptors (Lipinski definition) is 5. The molecule has 0 radical (unpaired) electrons. The van der Waals surface area contributed by atoms with Gasteiger partial charge in [0, 0.05) is 22.2 Å². The highest BCUT2D eigenvalue weighted by molar-refractivity contribution is 7.15. The smallest absolute Gasteiger partial charge is 0.209 e. The maximum Gasteiger partial charge on any atom is 0.209 e. The number of nitrogens with zero attached hydrogens (tertiary/aromatic N) is 2. The number of aliphatic imine (C=N–C) groups is 1. The summed E-state index contributed by atoms with van der Waals surface area (Å²) in [5.41, 5.74) is 4.12. The third-order valence-corrected chi connectivity index (χ3v) is 5.15. The number of aromatic hydroxyl groups is 1. The Morgan fingerprint density at radius 2 is 2.08 bits per heavy atom. The molecule has 0 spiro atoms. The van der Waals surface area contributed by atoms with Crippen molar-refractivity contribution in [2.75, 3.05) is 7.11 Å². The van der Waals surface area contributed by atoms with Gasteiger partial charge in [0.1, 0.15) is 11.5 Å². The number of phenolic OH excluding ortho intramolecular Hbond substituents is 1. The van der Waals surface area contributed by atoms with Gasteiger partial charge in [-0.25, -0.2) is 9.98 Å². The van der Waals surface area contributed by atoms with Gasteiger partial charge in [0.25, 0.3) is 0 Å². The van der Waals surface area contributed by atoms with E-state index in [2.05, 4.69) is 11.1 Å². The first-order valence-corrected chi connectivity index (χ1v) is 8.55. The van der Waals surface area contributed by atoms with Crippen LogP contribution >= 0.6 is 11.3 Å². The van der Waals surface area contributed by atoms with Crippen molar-refractivity contribution in [1.29, 1.82) is 0 Å². The van der Waals surface area contributed by atoms with Gasteiger partial charge in [-0.2, -0.15) is 0 Å². The van der Waals surface area contributed by atoms with Crippen LogP contribution in [0.5, 0.6) is 11.5 Å². The molecule has 0 amide bonds. The summed E-state index contributed by atoms with van der Waals surface area (Å²) in [7, 11) is 1.68. The largest absolute Gasteiger partial charge is 0.507 e. The van der Waals surface area contributed by atoms with Gasteiger partial charge in [-0.05, 0) is 42.7 Å². The lowest BCUT2D eigenvalue weighted by Gasteiger charge is -2.15. The SMILES string of the molecule is COc1ccc2c(c1)-c1nc(/N=C/c3ccccc3O)sc1CC2. The number of aryl methyl sites for hydroxylation is 2. The van der Waals surface area contributed by atoms with Crippen molar-refractivity contribution in [3.8, 4) is 22.8 Å². The van der Waals surface area contributed by atoms with E-state index in [0.29, 0.717) is 10.7 Å². The molecule has 0 unspecified atom stereocenters. The van der Waals surface area contributed by atoms with E-state index in [9.17, 15) is 5.11 Å². The monoisotopic (exact) mass is 336 g/mol. The average Bonchev–Trinajstić information content (AvgIpc) is 3.04. The fraction of sp³-hybridized carbons (Fsp3) is 0.158. The molecule has 0 saturated carbocycles. The Labute approximate surface area is 144 Å². The summed E-state index contributed by atoms with van der Waals surface area (Å²) in [6, 6.07) is 13.3. The molecule has 5 heteroatoms. The molecule has 1 aliphatic rings. The highest BCUT2D eigenvalue weighted by Gasteiger charge is 2.21. The molecule has 2 aromatic carbocycles. The first kappa shape index (κ1) is 14.9. The predicted octanol–water partition coefficient (Wildman–Crippen LogP) is 4.37. The van der Waals surface area contributed by atoms with Crippen molar-refractivity contribution in [3.05, 3.63) is 58.5 Å². The summed E-state index contributed by atoms with van der Waals surface area (Å²) in [6.07, 6.45) is 3.65. The molecule has 4 rings (SSSR count). The van der Waals surface area contributed by atoms with Crippen LogP contribution in [0.2, 0.25) is 0 Å². The molecule has 1 N–H and O–H groups in total. The van der Waals surface area contributed by atoms with Crippen LogP contribution in [0.3, 0.4) is 0 Å². The third kappa shape index (κ3) is 2.67. The molecule has 120 valence electrons. The number of benzene rings is 2. The zero-order chi connectivity index (χ0) is 16.5. The second-order valence-electron chi connectivity index (χ2n) is 5.61. The summed E-state index contributed by atoms with van der Waals surface area (Å²) >= 11 is 1.61. The van der Waals surface area contributed by atoms with Gasteiger partial charge in [0.15, 0.2) is 0 Å². The van der Waals surface area contributed by atoms with Crippen molar-refractivity contribution >= 4 is 22.7 Å². The zero-order valence-corrected chi connectivity index (χ0v) is 14.0. The van der Waals surface area contributed by atoms with Crippen LogP contribution in [-0.2, 0) is 12.8 Å². The second kappa shape index (κ2) is 6.09. The van der Waals surface area contributed by atoms with Crippen LogP contribution in [0.25, 0.3) is 11.3 Å². The van der Waals surface area contributed by atoms with Crippen LogP contribution in [0, 0.1) is 0 Å². The van der Waals surface area contributed by atoms with Crippen molar-refractivity contribution in [3.63, 3.8) is 0 Å². The third-order valence-electron chi connectivity index (χ3n) is 4.13. The molecule has 0 fully saturated rings. The molecule has 24 heavy (non-hydrogen) atoms. The van der Waals surface area contributed by atoms with Gasteiger partial charge in [0.2, 0.25) is 5.13 Å². The lowest BCUT2D eigenvalue weighted by atomic mass is 9.93. The number of ether oxygens (including phenoxy) is 1. The van der Waals surface area contributed by atoms with Crippen molar-refractivity contribution in [2.45, 2.75) is 12.8 Å². The summed E-state index contributed by atoms with van der Waals surface area (Å²) < 4.78 is 5.34. The van der Waals surface area contributed by atoms with Gasteiger partial charge < -0.3 is 9.84 Å². The summed E-state index contributed by atoms with van der Waals surface area (Å²) in [4.78, 5) is 10.4. The minimum Gasteiger partial charge on any atom is -0.507 e. The minimum absolute atomic E-state index is 0.220. The summed E-state index contributed by atoms with van der Waals surface area (Å²) in [5, 5.41) is 10.5. The van der Waals surface area contributed by atoms with Crippen molar-refractivity contribution in [1.82, 2.24) is 4.98 Å². The van der Waals surface area contributed by atoms with Gasteiger partial charge >= 0.3 is 0 Å². The highest BCUT2D eigenvalue weighted by Crippen LogP contribution is 2.40. The maximum absolute atomic E-state index is 9.82. The van der Waals surface area contributed by atoms with Gasteiger partial charge in [0.05, 0.1) is 12.8 Å². The Bertz CT molecular complexity index is 931. The highest BCUT2D eigenvalue weighted by atomic mass is 32.1. The topological polar surface area (TPSA) is 54.7 Å². The Kier molecular flexibility index (Phi) is 3.78. The lowest BCUT2D eigenvalue weighted by molar-refractivity contribution is 0.415. The number of hydrogen-bond donors (Lipinski definition) is 1. The fourth-order valence-electron chi connectivity index (χ4n) is 2.87. The number of thiazole rings is 1. The quantitative estimate of drug-likeness (QED) is 0.723. The van der Waals surface area contributed by atoms with Crippen LogP contribution < -0.4 is 4.74 Å². The van der Waals surface area contributed by atoms with Crippen LogP contribution in [0.1, 0.15) is 16.0 Å². The van der Waals surface area contributed by atoms with Gasteiger partial charge in [-0.15, -0.1) is 0 Å². The van der Waals surface area contributed by atoms with Gasteiger partial charge in [-0.3, -0.25) is 0 Å². The summed E-state index contributed by atoms with van der Waals surface area (Å²) in [5.74, 6) is 1.06. The van der Waals surface area contributed by atoms with Gasteiger partial charge in [-0.1, -0.05) is 29.5 Å². The Balaban J connectivity index is 1.70. The Morgan fingerprint density at radius 3 is 2.92 bits per heavy atom. The van der Waals surface area contributed by atoms with Crippen molar-refractivity contribution in [2.24, 2.45) is 4.99 Å². The molecule has 1 heterocycles. The number of aromatic nitrogens is 1. The number of para-hydroxylation sites is 1. The standard InChI is InChI=1S/C19H16N2O2S/c1-23-14-8-6-12-7-9-17-18(15(12)10-14)21-19(24-17)20-11-13-4-2-3-5-16(13)22/h2-6,8,10-11,22H,7,9H2,1H3/b20-11+. The summed E-state index contributed by atoms with van der Waals surface area (Å²) in [6.45, 7) is 0. The molecular formula is C19H16N2O2S. The molecule has 4 nitrogen and oxygen atoms in total. The maximum atomic E-state index is 9.82. The molecule has 1 aliphatic carbocycles. The zero-order valence-electron chi connectivity index (χ0n) is 13.2. The first-order valence-electron chi connectivity index (χ1n) is 7.73. The minimum atomic E-state index is 0.220. The van der Waals surface area contributed by atoms with E-state index in [1.54, 1.807) is 36.8 Å². The van der Waals surface area contributed by atoms with E-state index >= 15 is 0 Å². The lowest BCUT2D eigenvalue weighted by Crippen LogP contribution is -2.02. The van der Waals surface area contributed by atoms with E-state index in [1.807, 2.05) is 24.3 Å². The number of fused-ring (bicyclic) bond motifs is 3. The fourth-order valence-corrected chi connectivity index (χ4v) is 3.78. The van der Waals surface area contributed by atoms with E-state index in [4.69, 9.17) is 9.72 Å². The Morgan fingerprint density at radius 1 is 1.21 bits per heavy atom. The number of phenols is 1. The van der Waals surface area contributed by atoms with E-state index in [-0.39, 0.29) is 5.75 Å². The van der Waals surface area contributed by atoms with Crippen LogP contribution in [-0.4, -0.2) is 23.4 Å². The van der Waals surface area contributed by atoms with E-state index < -0.39 is 0 Å². The molecular weight excluding hydrogens is 320 g/mol. The predicted molar refractivity (Wildman–Crippen MR) is 96.9 cm³/mol. The number of rotatable bonds is 3. The van der Waals surface area contributed by atoms with E-state index in [1.165, 1.54) is 10.4 Å². The normalized spacial score (nSPS) is 12.9. The molecule has 0 saturated heterocycles. The average molecular weight is 336 g/mol. The second-order valence-corrected chi connectivity index (χ2v) is 6.67.